The lowest BCUT2D eigenvalue weighted by molar-refractivity contribution is 0.315. The lowest BCUT2D eigenvalue weighted by Gasteiger charge is -2.36. The molecule has 2 fully saturated rings. The van der Waals surface area contributed by atoms with Crippen molar-refractivity contribution in [3.63, 3.8) is 0 Å². The fraction of sp³-hybridized carbons (Fsp3) is 0.571. The van der Waals surface area contributed by atoms with Crippen molar-refractivity contribution in [2.45, 2.75) is 50.0 Å². The quantitative estimate of drug-likeness (QED) is 0.717. The predicted octanol–water partition coefficient (Wildman–Crippen LogP) is 5.19. The normalized spacial score (nSPS) is 22.9. The molecule has 26 heavy (non-hydrogen) atoms. The van der Waals surface area contributed by atoms with Crippen LogP contribution in [0.2, 0.25) is 5.02 Å². The average molecular weight is 390 g/mol. The van der Waals surface area contributed by atoms with Gasteiger partial charge in [-0.3, -0.25) is 0 Å². The van der Waals surface area contributed by atoms with Crippen molar-refractivity contribution < 1.29 is 0 Å². The lowest BCUT2D eigenvalue weighted by atomic mass is 9.67. The number of aromatic nitrogens is 1. The van der Waals surface area contributed by atoms with Crippen LogP contribution in [0.5, 0.6) is 0 Å². The van der Waals surface area contributed by atoms with E-state index in [-0.39, 0.29) is 5.41 Å². The molecule has 1 saturated heterocycles. The van der Waals surface area contributed by atoms with Crippen molar-refractivity contribution >= 4 is 28.1 Å². The topological polar surface area (TPSA) is 19.4 Å². The SMILES string of the molecule is CN(C)C1CCN(c2nc(C3(c4ccc(Cl)cc4)CCCCC3)cs2)C1. The van der Waals surface area contributed by atoms with Gasteiger partial charge in [0.05, 0.1) is 5.69 Å². The smallest absolute Gasteiger partial charge is 0.185 e. The van der Waals surface area contributed by atoms with Gasteiger partial charge in [-0.15, -0.1) is 11.3 Å². The molecule has 2 aromatic rings. The summed E-state index contributed by atoms with van der Waals surface area (Å²) in [6.45, 7) is 2.21. The molecule has 0 radical (unpaired) electrons. The van der Waals surface area contributed by atoms with Gasteiger partial charge < -0.3 is 9.80 Å². The number of hydrogen-bond donors (Lipinski definition) is 0. The second-order valence-electron chi connectivity index (χ2n) is 8.02. The standard InChI is InChI=1S/C21H28ClN3S/c1-24(2)18-10-13-25(14-18)20-23-19(15-26-20)21(11-4-3-5-12-21)16-6-8-17(22)9-7-16/h6-9,15,18H,3-5,10-14H2,1-2H3. The highest BCUT2D eigenvalue weighted by atomic mass is 35.5. The van der Waals surface area contributed by atoms with Gasteiger partial charge in [0.15, 0.2) is 5.13 Å². The van der Waals surface area contributed by atoms with Gasteiger partial charge in [0.2, 0.25) is 0 Å². The molecule has 1 unspecified atom stereocenters. The Morgan fingerprint density at radius 3 is 2.54 bits per heavy atom. The zero-order valence-electron chi connectivity index (χ0n) is 15.7. The van der Waals surface area contributed by atoms with Crippen LogP contribution in [0.3, 0.4) is 0 Å². The van der Waals surface area contributed by atoms with Gasteiger partial charge in [0, 0.05) is 34.9 Å². The molecular formula is C21H28ClN3S. The zero-order valence-corrected chi connectivity index (χ0v) is 17.3. The molecule has 5 heteroatoms. The summed E-state index contributed by atoms with van der Waals surface area (Å²) in [5, 5.41) is 4.33. The fourth-order valence-corrected chi connectivity index (χ4v) is 5.67. The zero-order chi connectivity index (χ0) is 18.1. The van der Waals surface area contributed by atoms with E-state index >= 15 is 0 Å². The molecule has 1 saturated carbocycles. The molecule has 0 spiro atoms. The van der Waals surface area contributed by atoms with Crippen molar-refractivity contribution in [3.05, 3.63) is 45.9 Å². The summed E-state index contributed by atoms with van der Waals surface area (Å²) in [6, 6.07) is 9.13. The van der Waals surface area contributed by atoms with Gasteiger partial charge in [-0.1, -0.05) is 43.0 Å². The summed E-state index contributed by atoms with van der Waals surface area (Å²) >= 11 is 7.97. The van der Waals surface area contributed by atoms with Crippen molar-refractivity contribution in [3.8, 4) is 0 Å². The summed E-state index contributed by atoms with van der Waals surface area (Å²) < 4.78 is 0. The Hall–Kier alpha value is -1.10. The second-order valence-corrected chi connectivity index (χ2v) is 9.29. The first-order chi connectivity index (χ1) is 12.6. The van der Waals surface area contributed by atoms with Crippen molar-refractivity contribution in [2.75, 3.05) is 32.1 Å². The van der Waals surface area contributed by atoms with Gasteiger partial charge in [-0.2, -0.15) is 0 Å². The third-order valence-corrected chi connectivity index (χ3v) is 7.40. The highest BCUT2D eigenvalue weighted by Gasteiger charge is 2.38. The van der Waals surface area contributed by atoms with Crippen LogP contribution in [0.15, 0.2) is 29.6 Å². The molecule has 1 aliphatic carbocycles. The number of likely N-dealkylation sites (N-methyl/N-ethyl adjacent to an activating group) is 1. The van der Waals surface area contributed by atoms with Crippen molar-refractivity contribution in [1.82, 2.24) is 9.88 Å². The minimum atomic E-state index is 0.0677. The van der Waals surface area contributed by atoms with E-state index in [2.05, 4.69) is 41.4 Å². The van der Waals surface area contributed by atoms with Crippen LogP contribution in [-0.4, -0.2) is 43.1 Å². The van der Waals surface area contributed by atoms with Crippen LogP contribution in [0.25, 0.3) is 0 Å². The first-order valence-electron chi connectivity index (χ1n) is 9.72. The van der Waals surface area contributed by atoms with Crippen LogP contribution in [-0.2, 0) is 5.41 Å². The fourth-order valence-electron chi connectivity index (χ4n) is 4.58. The van der Waals surface area contributed by atoms with Crippen LogP contribution in [0.4, 0.5) is 5.13 Å². The van der Waals surface area contributed by atoms with Gasteiger partial charge in [-0.05, 0) is 51.1 Å². The molecule has 3 nitrogen and oxygen atoms in total. The lowest BCUT2D eigenvalue weighted by Crippen LogP contribution is -2.32. The van der Waals surface area contributed by atoms with Crippen LogP contribution >= 0.6 is 22.9 Å². The van der Waals surface area contributed by atoms with Gasteiger partial charge in [0.1, 0.15) is 0 Å². The summed E-state index contributed by atoms with van der Waals surface area (Å²) in [7, 11) is 4.36. The minimum Gasteiger partial charge on any atom is -0.346 e. The van der Waals surface area contributed by atoms with E-state index in [0.29, 0.717) is 6.04 Å². The van der Waals surface area contributed by atoms with Gasteiger partial charge in [0.25, 0.3) is 0 Å². The molecule has 1 aromatic carbocycles. The summed E-state index contributed by atoms with van der Waals surface area (Å²) in [6.07, 6.45) is 7.51. The molecule has 140 valence electrons. The molecule has 0 bridgehead atoms. The molecule has 1 aliphatic heterocycles. The summed E-state index contributed by atoms with van der Waals surface area (Å²) in [5.41, 5.74) is 2.72. The second kappa shape index (κ2) is 7.49. The Labute approximate surface area is 166 Å². The van der Waals surface area contributed by atoms with E-state index in [1.807, 2.05) is 23.5 Å². The first-order valence-corrected chi connectivity index (χ1v) is 11.0. The molecular weight excluding hydrogens is 362 g/mol. The van der Waals surface area contributed by atoms with E-state index in [4.69, 9.17) is 16.6 Å². The molecule has 0 amide bonds. The van der Waals surface area contributed by atoms with E-state index in [0.717, 1.165) is 18.1 Å². The maximum Gasteiger partial charge on any atom is 0.185 e. The summed E-state index contributed by atoms with van der Waals surface area (Å²) in [5.74, 6) is 0. The highest BCUT2D eigenvalue weighted by Crippen LogP contribution is 2.46. The molecule has 2 aliphatic rings. The number of anilines is 1. The number of thiazole rings is 1. The molecule has 0 N–H and O–H groups in total. The number of benzene rings is 1. The molecule has 1 aromatic heterocycles. The third kappa shape index (κ3) is 3.39. The van der Waals surface area contributed by atoms with Crippen molar-refractivity contribution in [2.24, 2.45) is 0 Å². The molecule has 1 atom stereocenters. The maximum atomic E-state index is 6.15. The third-order valence-electron chi connectivity index (χ3n) is 6.25. The number of hydrogen-bond acceptors (Lipinski definition) is 4. The monoisotopic (exact) mass is 389 g/mol. The van der Waals surface area contributed by atoms with Crippen LogP contribution in [0.1, 0.15) is 49.8 Å². The van der Waals surface area contributed by atoms with Crippen LogP contribution in [0, 0.1) is 0 Å². The predicted molar refractivity (Wildman–Crippen MR) is 112 cm³/mol. The largest absolute Gasteiger partial charge is 0.346 e. The maximum absolute atomic E-state index is 6.15. The average Bonchev–Trinajstić information content (AvgIpc) is 3.32. The Kier molecular flexibility index (Phi) is 5.27. The molecule has 2 heterocycles. The first kappa shape index (κ1) is 18.3. The van der Waals surface area contributed by atoms with Gasteiger partial charge >= 0.3 is 0 Å². The minimum absolute atomic E-state index is 0.0677. The summed E-state index contributed by atoms with van der Waals surface area (Å²) in [4.78, 5) is 9.98. The highest BCUT2D eigenvalue weighted by molar-refractivity contribution is 7.13. The van der Waals surface area contributed by atoms with E-state index in [1.54, 1.807) is 0 Å². The van der Waals surface area contributed by atoms with Crippen molar-refractivity contribution in [1.29, 1.82) is 0 Å². The number of nitrogens with zero attached hydrogens (tertiary/aromatic N) is 3. The van der Waals surface area contributed by atoms with E-state index in [1.165, 1.54) is 54.9 Å². The van der Waals surface area contributed by atoms with Crippen LogP contribution < -0.4 is 4.90 Å². The Bertz CT molecular complexity index is 734. The van der Waals surface area contributed by atoms with Gasteiger partial charge in [-0.25, -0.2) is 4.98 Å². The number of halogens is 1. The van der Waals surface area contributed by atoms with E-state index in [9.17, 15) is 0 Å². The van der Waals surface area contributed by atoms with E-state index < -0.39 is 0 Å². The number of rotatable bonds is 4. The Morgan fingerprint density at radius 2 is 1.88 bits per heavy atom. The Balaban J connectivity index is 1.63. The molecule has 4 rings (SSSR count). The Morgan fingerprint density at radius 1 is 1.15 bits per heavy atom.